The van der Waals surface area contributed by atoms with Crippen molar-refractivity contribution in [3.8, 4) is 40.3 Å². The third-order valence-corrected chi connectivity index (χ3v) is 16.7. The molecule has 364 valence electrons. The minimum atomic E-state index is -0.285. The zero-order chi connectivity index (χ0) is 52.0. The maximum absolute atomic E-state index is 11.6. The van der Waals surface area contributed by atoms with Crippen LogP contribution in [0.2, 0.25) is 0 Å². The van der Waals surface area contributed by atoms with Crippen molar-refractivity contribution in [3.05, 3.63) is 253 Å². The van der Waals surface area contributed by atoms with Crippen molar-refractivity contribution in [2.45, 2.75) is 19.3 Å². The Morgan fingerprint density at radius 1 is 0.385 bits per heavy atom. The molecule has 11 aromatic carbocycles. The van der Waals surface area contributed by atoms with E-state index in [0.717, 1.165) is 99.3 Å². The van der Waals surface area contributed by atoms with Crippen LogP contribution in [0.3, 0.4) is 0 Å². The molecule has 0 amide bonds. The van der Waals surface area contributed by atoms with Crippen LogP contribution in [-0.2, 0) is 5.41 Å². The third kappa shape index (κ3) is 6.01. The number of anilines is 3. The minimum Gasteiger partial charge on any atom is -0.455 e. The first-order valence-corrected chi connectivity index (χ1v) is 26.4. The van der Waals surface area contributed by atoms with E-state index in [2.05, 4.69) is 233 Å². The first-order chi connectivity index (χ1) is 38.4. The van der Waals surface area contributed by atoms with Crippen molar-refractivity contribution >= 4 is 104 Å². The predicted octanol–water partition coefficient (Wildman–Crippen LogP) is 18.4. The van der Waals surface area contributed by atoms with E-state index in [4.69, 9.17) is 4.42 Å². The van der Waals surface area contributed by atoms with Gasteiger partial charge in [-0.15, -0.1) is 0 Å². The number of rotatable bonds is 6. The number of nitrogens with zero attached hydrogens (tertiary/aromatic N) is 6. The van der Waals surface area contributed by atoms with Gasteiger partial charge in [-0.25, -0.2) is 0 Å². The summed E-state index contributed by atoms with van der Waals surface area (Å²) < 4.78 is 13.5. The van der Waals surface area contributed by atoms with Crippen molar-refractivity contribution in [2.24, 2.45) is 0 Å². The monoisotopic (exact) mass is 996 g/mol. The lowest BCUT2D eigenvalue weighted by molar-refractivity contribution is 0.661. The molecule has 0 N–H and O–H groups in total. The quantitative estimate of drug-likeness (QED) is 0.166. The zero-order valence-corrected chi connectivity index (χ0v) is 42.5. The maximum Gasteiger partial charge on any atom is 0.145 e. The first-order valence-electron chi connectivity index (χ1n) is 26.4. The summed E-state index contributed by atoms with van der Waals surface area (Å²) in [4.78, 5) is 2.29. The van der Waals surface area contributed by atoms with Crippen LogP contribution in [0.5, 0.6) is 0 Å². The lowest BCUT2D eigenvalue weighted by atomic mass is 9.82. The number of para-hydroxylation sites is 5. The molecule has 0 saturated heterocycles. The normalized spacial score (nSPS) is 12.8. The molecule has 0 radical (unpaired) electrons. The van der Waals surface area contributed by atoms with Gasteiger partial charge >= 0.3 is 0 Å². The number of benzene rings is 11. The fourth-order valence-corrected chi connectivity index (χ4v) is 13.2. The SMILES string of the molecule is CC1(C)c2ccccc2-c2cc3c4cc(N(c5ccccc5)c5ccccc5)ccc4n(-c4cc(C#N)c(-n5c6ccc(-n7c8ccccc8c8ccccc87)cc6c6c7oc8ccccc8c7ccc65)cc4C#N)c3cc21. The Kier molecular flexibility index (Phi) is 9.09. The number of aromatic nitrogens is 3. The zero-order valence-electron chi connectivity index (χ0n) is 42.5. The molecule has 15 aromatic rings. The highest BCUT2D eigenvalue weighted by molar-refractivity contribution is 6.24. The molecule has 0 fully saturated rings. The van der Waals surface area contributed by atoms with Gasteiger partial charge in [-0.2, -0.15) is 10.5 Å². The molecule has 1 aliphatic carbocycles. The van der Waals surface area contributed by atoms with Crippen molar-refractivity contribution in [2.75, 3.05) is 4.90 Å². The molecular formula is C71H44N6O. The van der Waals surface area contributed by atoms with E-state index < -0.39 is 0 Å². The molecule has 4 aromatic heterocycles. The van der Waals surface area contributed by atoms with Crippen molar-refractivity contribution in [3.63, 3.8) is 0 Å². The summed E-state index contributed by atoms with van der Waals surface area (Å²) in [5.41, 5.74) is 18.3. The molecule has 0 saturated carbocycles. The van der Waals surface area contributed by atoms with Crippen LogP contribution >= 0.6 is 0 Å². The summed E-state index contributed by atoms with van der Waals surface area (Å²) in [7, 11) is 0. The molecule has 1 aliphatic rings. The Morgan fingerprint density at radius 3 is 1.63 bits per heavy atom. The van der Waals surface area contributed by atoms with Crippen LogP contribution < -0.4 is 4.90 Å². The number of hydrogen-bond acceptors (Lipinski definition) is 4. The first kappa shape index (κ1) is 43.8. The minimum absolute atomic E-state index is 0.285. The van der Waals surface area contributed by atoms with Gasteiger partial charge in [0.1, 0.15) is 23.3 Å². The Hall–Kier alpha value is -10.6. The molecule has 7 nitrogen and oxygen atoms in total. The summed E-state index contributed by atoms with van der Waals surface area (Å²) in [5.74, 6) is 0. The van der Waals surface area contributed by atoms with Gasteiger partial charge in [-0.1, -0.05) is 129 Å². The molecule has 7 heteroatoms. The Balaban J connectivity index is 0.962. The highest BCUT2D eigenvalue weighted by Gasteiger charge is 2.36. The summed E-state index contributed by atoms with van der Waals surface area (Å²) in [6, 6.07) is 86.2. The van der Waals surface area contributed by atoms with Crippen molar-refractivity contribution in [1.82, 2.24) is 13.7 Å². The van der Waals surface area contributed by atoms with Gasteiger partial charge in [0.25, 0.3) is 0 Å². The van der Waals surface area contributed by atoms with E-state index in [9.17, 15) is 10.5 Å². The van der Waals surface area contributed by atoms with Gasteiger partial charge < -0.3 is 23.0 Å². The predicted molar refractivity (Wildman–Crippen MR) is 318 cm³/mol. The van der Waals surface area contributed by atoms with Crippen LogP contribution in [0.25, 0.3) is 116 Å². The van der Waals surface area contributed by atoms with Gasteiger partial charge in [0.15, 0.2) is 0 Å². The second-order valence-corrected chi connectivity index (χ2v) is 21.1. The molecule has 4 heterocycles. The number of furan rings is 1. The standard InChI is InChI=1S/C71H44N6O/c1-71(2)58-25-13-9-21-49(58)54-39-56-55-37-47(74(45-17-5-3-6-18-45)46-19-7-4-8-20-46)29-32-62(55)77(67(56)40-59(54)71)66-36-43(41-72)65(35-44(66)42-73)76-63-33-30-48(75-60-26-14-10-22-50(60)51-23-11-15-27-61(51)75)38-57(63)69-64(76)34-31-53-52-24-12-16-28-68(52)78-70(53)69/h3-40H,1-2H3. The molecule has 78 heavy (non-hydrogen) atoms. The van der Waals surface area contributed by atoms with Gasteiger partial charge in [0.05, 0.1) is 61.0 Å². The third-order valence-electron chi connectivity index (χ3n) is 16.7. The van der Waals surface area contributed by atoms with E-state index >= 15 is 0 Å². The maximum atomic E-state index is 11.6. The number of fused-ring (bicyclic) bond motifs is 16. The van der Waals surface area contributed by atoms with Crippen molar-refractivity contribution < 1.29 is 4.42 Å². The van der Waals surface area contributed by atoms with E-state index in [1.54, 1.807) is 0 Å². The Morgan fingerprint density at radius 2 is 0.936 bits per heavy atom. The fraction of sp³-hybridized carbons (Fsp3) is 0.0423. The molecule has 0 unspecified atom stereocenters. The fourth-order valence-electron chi connectivity index (χ4n) is 13.2. The molecule has 16 rings (SSSR count). The molecule has 0 bridgehead atoms. The van der Waals surface area contributed by atoms with Gasteiger partial charge in [-0.05, 0) is 138 Å². The average molecular weight is 997 g/mol. The topological polar surface area (TPSA) is 78.8 Å². The van der Waals surface area contributed by atoms with Gasteiger partial charge in [0.2, 0.25) is 0 Å². The van der Waals surface area contributed by atoms with Crippen LogP contribution in [0, 0.1) is 22.7 Å². The number of nitriles is 2. The average Bonchev–Trinajstić information content (AvgIpc) is 4.42. The summed E-state index contributed by atoms with van der Waals surface area (Å²) in [6.07, 6.45) is 0. The Bertz CT molecular complexity index is 5060. The largest absolute Gasteiger partial charge is 0.455 e. The van der Waals surface area contributed by atoms with E-state index in [0.29, 0.717) is 22.5 Å². The highest BCUT2D eigenvalue weighted by atomic mass is 16.3. The summed E-state index contributed by atoms with van der Waals surface area (Å²) in [6.45, 7) is 4.60. The second kappa shape index (κ2) is 16.2. The molecule has 0 atom stereocenters. The van der Waals surface area contributed by atoms with E-state index in [-0.39, 0.29) is 5.41 Å². The molecule has 0 spiro atoms. The highest BCUT2D eigenvalue weighted by Crippen LogP contribution is 2.52. The second-order valence-electron chi connectivity index (χ2n) is 21.1. The number of hydrogen-bond donors (Lipinski definition) is 0. The smallest absolute Gasteiger partial charge is 0.145 e. The molecule has 0 aliphatic heterocycles. The summed E-state index contributed by atoms with van der Waals surface area (Å²) in [5, 5.41) is 31.5. The lowest BCUT2D eigenvalue weighted by Crippen LogP contribution is -2.15. The van der Waals surface area contributed by atoms with Crippen LogP contribution in [0.1, 0.15) is 36.1 Å². The van der Waals surface area contributed by atoms with Crippen LogP contribution in [0.4, 0.5) is 17.1 Å². The van der Waals surface area contributed by atoms with E-state index in [1.165, 1.54) is 33.0 Å². The van der Waals surface area contributed by atoms with Crippen molar-refractivity contribution in [1.29, 1.82) is 10.5 Å². The summed E-state index contributed by atoms with van der Waals surface area (Å²) >= 11 is 0. The van der Waals surface area contributed by atoms with Crippen LogP contribution in [0.15, 0.2) is 235 Å². The van der Waals surface area contributed by atoms with Gasteiger partial charge in [-0.3, -0.25) is 0 Å². The lowest BCUT2D eigenvalue weighted by Gasteiger charge is -2.25. The van der Waals surface area contributed by atoms with E-state index in [1.807, 2.05) is 42.5 Å². The van der Waals surface area contributed by atoms with Gasteiger partial charge in [0, 0.05) is 65.9 Å². The van der Waals surface area contributed by atoms with Crippen LogP contribution in [-0.4, -0.2) is 13.7 Å². The molecular weight excluding hydrogens is 953 g/mol. The Labute approximate surface area is 448 Å².